The Hall–Kier alpha value is -3.10. The largest absolute Gasteiger partial charge is 0.633 e. The average Bonchev–Trinajstić information content (AvgIpc) is 3.17. The van der Waals surface area contributed by atoms with E-state index in [1.165, 1.54) is 4.90 Å². The molecular formula is C32H36N2O4S. The zero-order valence-electron chi connectivity index (χ0n) is 22.7. The standard InChI is InChI=1S/C32H36N2O4S/c1-3-38-30-11-6-24(7-12-30)25-8-13-31-27(20-25)21-26(16-19-39-31)32(35)33-28-9-4-23(5-10-28)22-34(2,36)29-14-17-37-18-15-29/h4-13,20-21,29H,3,14-19,22H2,1-2H3,(H,33,35). The van der Waals surface area contributed by atoms with Crippen LogP contribution in [0.5, 0.6) is 5.75 Å². The van der Waals surface area contributed by atoms with Gasteiger partial charge in [-0.05, 0) is 72.5 Å². The van der Waals surface area contributed by atoms with E-state index in [4.69, 9.17) is 9.47 Å². The Kier molecular flexibility index (Phi) is 8.72. The number of ether oxygens (including phenoxy) is 2. The van der Waals surface area contributed by atoms with E-state index >= 15 is 0 Å². The maximum atomic E-state index is 13.2. The minimum atomic E-state index is -0.294. The fourth-order valence-electron chi connectivity index (χ4n) is 5.22. The van der Waals surface area contributed by atoms with Crippen molar-refractivity contribution in [1.29, 1.82) is 0 Å². The molecule has 204 valence electrons. The van der Waals surface area contributed by atoms with Crippen LogP contribution in [0.2, 0.25) is 0 Å². The van der Waals surface area contributed by atoms with Gasteiger partial charge in [-0.3, -0.25) is 4.79 Å². The predicted octanol–water partition coefficient (Wildman–Crippen LogP) is 6.89. The van der Waals surface area contributed by atoms with Crippen molar-refractivity contribution in [1.82, 2.24) is 0 Å². The van der Waals surface area contributed by atoms with Gasteiger partial charge in [-0.2, -0.15) is 0 Å². The van der Waals surface area contributed by atoms with Crippen molar-refractivity contribution >= 4 is 29.4 Å². The number of nitrogens with zero attached hydrogens (tertiary/aromatic N) is 1. The maximum absolute atomic E-state index is 13.2. The second-order valence-corrected chi connectivity index (χ2v) is 11.4. The molecule has 1 atom stereocenters. The lowest BCUT2D eigenvalue weighted by Crippen LogP contribution is -2.49. The van der Waals surface area contributed by atoms with Gasteiger partial charge in [0.1, 0.15) is 12.3 Å². The molecule has 6 nitrogen and oxygen atoms in total. The number of anilines is 1. The summed E-state index contributed by atoms with van der Waals surface area (Å²) in [7, 11) is 1.75. The second kappa shape index (κ2) is 12.4. The Morgan fingerprint density at radius 2 is 1.77 bits per heavy atom. The van der Waals surface area contributed by atoms with Crippen molar-refractivity contribution < 1.29 is 18.9 Å². The van der Waals surface area contributed by atoms with Crippen LogP contribution in [0.15, 0.2) is 77.2 Å². The zero-order valence-corrected chi connectivity index (χ0v) is 23.5. The van der Waals surface area contributed by atoms with E-state index in [1.807, 2.05) is 49.4 Å². The highest BCUT2D eigenvalue weighted by atomic mass is 32.2. The summed E-state index contributed by atoms with van der Waals surface area (Å²) in [4.78, 5) is 14.4. The molecule has 1 saturated heterocycles. The fourth-order valence-corrected chi connectivity index (χ4v) is 6.21. The van der Waals surface area contributed by atoms with Gasteiger partial charge >= 0.3 is 0 Å². The zero-order chi connectivity index (χ0) is 27.2. The molecule has 0 aliphatic carbocycles. The Bertz CT molecular complexity index is 1310. The van der Waals surface area contributed by atoms with Crippen LogP contribution in [0.4, 0.5) is 5.69 Å². The third kappa shape index (κ3) is 6.92. The summed E-state index contributed by atoms with van der Waals surface area (Å²) in [6.07, 6.45) is 4.31. The number of hydroxylamine groups is 3. The summed E-state index contributed by atoms with van der Waals surface area (Å²) < 4.78 is 10.7. The molecule has 2 aliphatic heterocycles. The topological polar surface area (TPSA) is 70.6 Å². The molecule has 2 aliphatic rings. The molecule has 3 aromatic carbocycles. The Balaban J connectivity index is 1.27. The summed E-state index contributed by atoms with van der Waals surface area (Å²) >= 11 is 1.78. The molecule has 0 radical (unpaired) electrons. The molecule has 1 amide bonds. The number of carbonyl (C=O) groups is 1. The molecular weight excluding hydrogens is 508 g/mol. The van der Waals surface area contributed by atoms with Crippen LogP contribution in [-0.2, 0) is 16.1 Å². The number of thioether (sulfide) groups is 1. The normalized spacial score (nSPS) is 17.4. The first-order valence-corrected chi connectivity index (χ1v) is 14.6. The second-order valence-electron chi connectivity index (χ2n) is 10.3. The lowest BCUT2D eigenvalue weighted by Gasteiger charge is -2.47. The molecule has 1 fully saturated rings. The van der Waals surface area contributed by atoms with Gasteiger partial charge in [-0.1, -0.05) is 30.3 Å². The number of amides is 1. The van der Waals surface area contributed by atoms with E-state index < -0.39 is 0 Å². The monoisotopic (exact) mass is 544 g/mol. The number of benzene rings is 3. The van der Waals surface area contributed by atoms with Gasteiger partial charge in [0.05, 0.1) is 32.9 Å². The Morgan fingerprint density at radius 1 is 1.05 bits per heavy atom. The first kappa shape index (κ1) is 27.5. The molecule has 1 N–H and O–H groups in total. The van der Waals surface area contributed by atoms with Crippen LogP contribution in [0.3, 0.4) is 0 Å². The first-order chi connectivity index (χ1) is 18.9. The number of fused-ring (bicyclic) bond motifs is 1. The van der Waals surface area contributed by atoms with Gasteiger partial charge < -0.3 is 24.6 Å². The van der Waals surface area contributed by atoms with Crippen molar-refractivity contribution in [3.05, 3.63) is 88.6 Å². The van der Waals surface area contributed by atoms with Crippen LogP contribution in [0.1, 0.15) is 37.3 Å². The lowest BCUT2D eigenvalue weighted by atomic mass is 10.0. The molecule has 0 spiro atoms. The molecule has 5 rings (SSSR count). The van der Waals surface area contributed by atoms with E-state index in [0.29, 0.717) is 32.8 Å². The lowest BCUT2D eigenvalue weighted by molar-refractivity contribution is -0.901. The van der Waals surface area contributed by atoms with Crippen LogP contribution in [-0.4, -0.2) is 49.2 Å². The highest BCUT2D eigenvalue weighted by molar-refractivity contribution is 7.99. The summed E-state index contributed by atoms with van der Waals surface area (Å²) in [6.45, 7) is 4.35. The molecule has 1 unspecified atom stereocenters. The summed E-state index contributed by atoms with van der Waals surface area (Å²) in [5.74, 6) is 1.62. The number of hydrogen-bond donors (Lipinski definition) is 1. The van der Waals surface area contributed by atoms with Gasteiger partial charge in [0.25, 0.3) is 5.91 Å². The van der Waals surface area contributed by atoms with Crippen molar-refractivity contribution in [2.24, 2.45) is 0 Å². The number of carbonyl (C=O) groups excluding carboxylic acids is 1. The molecule has 0 saturated carbocycles. The molecule has 0 aromatic heterocycles. The number of quaternary nitrogens is 1. The third-order valence-corrected chi connectivity index (χ3v) is 8.52. The quantitative estimate of drug-likeness (QED) is 0.247. The minimum absolute atomic E-state index is 0.0657. The van der Waals surface area contributed by atoms with E-state index in [-0.39, 0.29) is 16.6 Å². The highest BCUT2D eigenvalue weighted by Crippen LogP contribution is 2.34. The SMILES string of the molecule is CCOc1ccc(-c2ccc3c(c2)C=C(C(=O)Nc2ccc(C[N+](C)([O-])C4CCOCC4)cc2)CCS3)cc1. The Morgan fingerprint density at radius 3 is 2.49 bits per heavy atom. The van der Waals surface area contributed by atoms with E-state index in [0.717, 1.165) is 57.9 Å². The average molecular weight is 545 g/mol. The van der Waals surface area contributed by atoms with E-state index in [9.17, 15) is 10.0 Å². The summed E-state index contributed by atoms with van der Waals surface area (Å²) in [5.41, 5.74) is 5.74. The van der Waals surface area contributed by atoms with Crippen molar-refractivity contribution in [2.45, 2.75) is 43.7 Å². The minimum Gasteiger partial charge on any atom is -0.633 e. The number of hydrogen-bond acceptors (Lipinski definition) is 5. The van der Waals surface area contributed by atoms with Crippen molar-refractivity contribution in [2.75, 3.05) is 37.9 Å². The third-order valence-electron chi connectivity index (χ3n) is 7.43. The van der Waals surface area contributed by atoms with E-state index in [2.05, 4.69) is 35.6 Å². The highest BCUT2D eigenvalue weighted by Gasteiger charge is 2.27. The van der Waals surface area contributed by atoms with Crippen LogP contribution >= 0.6 is 11.8 Å². The van der Waals surface area contributed by atoms with E-state index in [1.54, 1.807) is 18.8 Å². The summed E-state index contributed by atoms with van der Waals surface area (Å²) in [5, 5.41) is 16.2. The summed E-state index contributed by atoms with van der Waals surface area (Å²) in [6, 6.07) is 22.3. The molecule has 2 heterocycles. The number of nitrogens with one attached hydrogen (secondary N) is 1. The van der Waals surface area contributed by atoms with Crippen molar-refractivity contribution in [3.8, 4) is 16.9 Å². The van der Waals surface area contributed by atoms with Gasteiger partial charge in [-0.15, -0.1) is 11.8 Å². The molecule has 7 heteroatoms. The Labute approximate surface area is 235 Å². The van der Waals surface area contributed by atoms with Crippen molar-refractivity contribution in [3.63, 3.8) is 0 Å². The fraction of sp³-hybridized carbons (Fsp3) is 0.344. The maximum Gasteiger partial charge on any atom is 0.251 e. The van der Waals surface area contributed by atoms with Crippen LogP contribution in [0, 0.1) is 5.21 Å². The number of rotatable bonds is 8. The molecule has 0 bridgehead atoms. The molecule has 39 heavy (non-hydrogen) atoms. The predicted molar refractivity (Wildman–Crippen MR) is 159 cm³/mol. The van der Waals surface area contributed by atoms with Gasteiger partial charge in [0.2, 0.25) is 0 Å². The van der Waals surface area contributed by atoms with Crippen LogP contribution in [0.25, 0.3) is 17.2 Å². The van der Waals surface area contributed by atoms with Crippen LogP contribution < -0.4 is 10.1 Å². The smallest absolute Gasteiger partial charge is 0.251 e. The van der Waals surface area contributed by atoms with Gasteiger partial charge in [0.15, 0.2) is 0 Å². The molecule has 3 aromatic rings. The van der Waals surface area contributed by atoms with Gasteiger partial charge in [0, 0.05) is 40.3 Å². The first-order valence-electron chi connectivity index (χ1n) is 13.7. The van der Waals surface area contributed by atoms with Gasteiger partial charge in [-0.25, -0.2) is 0 Å².